The maximum atomic E-state index is 5.64. The van der Waals surface area contributed by atoms with Gasteiger partial charge < -0.3 is 4.74 Å². The Morgan fingerprint density at radius 3 is 2.88 bits per heavy atom. The van der Waals surface area contributed by atoms with E-state index in [-0.39, 0.29) is 0 Å². The van der Waals surface area contributed by atoms with Crippen LogP contribution in [0.1, 0.15) is 52.9 Å². The van der Waals surface area contributed by atoms with Crippen molar-refractivity contribution >= 4 is 0 Å². The van der Waals surface area contributed by atoms with E-state index in [4.69, 9.17) is 4.74 Å². The third-order valence-corrected chi connectivity index (χ3v) is 3.45. The van der Waals surface area contributed by atoms with E-state index in [1.807, 2.05) is 0 Å². The maximum Gasteiger partial charge on any atom is 0.0649 e. The lowest BCUT2D eigenvalue weighted by Gasteiger charge is -2.34. The molecule has 0 radical (unpaired) electrons. The monoisotopic (exact) mass is 222 g/mol. The first-order chi connectivity index (χ1) is 7.52. The summed E-state index contributed by atoms with van der Waals surface area (Å²) >= 11 is 0. The van der Waals surface area contributed by atoms with E-state index in [2.05, 4.69) is 33.4 Å². The number of ether oxygens (including phenoxy) is 1. The van der Waals surface area contributed by atoms with Gasteiger partial charge >= 0.3 is 0 Å². The molecule has 0 aliphatic heterocycles. The highest BCUT2D eigenvalue weighted by Gasteiger charge is 2.27. The highest BCUT2D eigenvalue weighted by Crippen LogP contribution is 2.40. The zero-order valence-electron chi connectivity index (χ0n) is 11.1. The van der Waals surface area contributed by atoms with Crippen molar-refractivity contribution in [1.82, 2.24) is 0 Å². The summed E-state index contributed by atoms with van der Waals surface area (Å²) in [7, 11) is 0. The molecule has 0 amide bonds. The molecular formula is C15H26O. The second-order valence-corrected chi connectivity index (χ2v) is 5.70. The lowest BCUT2D eigenvalue weighted by Crippen LogP contribution is -2.23. The highest BCUT2D eigenvalue weighted by molar-refractivity contribution is 5.03. The van der Waals surface area contributed by atoms with E-state index < -0.39 is 0 Å². The molecule has 0 unspecified atom stereocenters. The first-order valence-electron chi connectivity index (χ1n) is 6.40. The average molecular weight is 222 g/mol. The Balaban J connectivity index is 2.20. The van der Waals surface area contributed by atoms with Gasteiger partial charge in [0.05, 0.1) is 6.61 Å². The summed E-state index contributed by atoms with van der Waals surface area (Å²) in [6.07, 6.45) is 8.37. The van der Waals surface area contributed by atoms with Crippen LogP contribution in [0.25, 0.3) is 0 Å². The van der Waals surface area contributed by atoms with Crippen molar-refractivity contribution in [2.45, 2.75) is 52.9 Å². The molecular weight excluding hydrogens is 196 g/mol. The van der Waals surface area contributed by atoms with Crippen molar-refractivity contribution in [3.8, 4) is 0 Å². The standard InChI is InChI=1S/C15H26O/c1-13(2)7-10-16-11-9-15(4)8-5-6-14(3)12-15/h7H,3,5-6,8-12H2,1-2,4H3/t15-/m0/s1. The SMILES string of the molecule is C=C1CCC[C@@](C)(CCOCC=C(C)C)C1. The summed E-state index contributed by atoms with van der Waals surface area (Å²) < 4.78 is 5.64. The minimum atomic E-state index is 0.445. The van der Waals surface area contributed by atoms with Gasteiger partial charge in [-0.05, 0) is 51.4 Å². The van der Waals surface area contributed by atoms with Gasteiger partial charge in [0.15, 0.2) is 0 Å². The minimum Gasteiger partial charge on any atom is -0.377 e. The molecule has 92 valence electrons. The van der Waals surface area contributed by atoms with E-state index in [1.165, 1.54) is 43.3 Å². The molecule has 1 saturated carbocycles. The van der Waals surface area contributed by atoms with Crippen LogP contribution in [0.3, 0.4) is 0 Å². The molecule has 1 aliphatic rings. The normalized spacial score (nSPS) is 25.6. The first kappa shape index (κ1) is 13.5. The van der Waals surface area contributed by atoms with E-state index in [0.717, 1.165) is 13.2 Å². The second-order valence-electron chi connectivity index (χ2n) is 5.70. The predicted octanol–water partition coefficient (Wildman–Crippen LogP) is 4.50. The maximum absolute atomic E-state index is 5.64. The summed E-state index contributed by atoms with van der Waals surface area (Å²) in [6, 6.07) is 0. The predicted molar refractivity (Wildman–Crippen MR) is 70.6 cm³/mol. The first-order valence-corrected chi connectivity index (χ1v) is 6.40. The lowest BCUT2D eigenvalue weighted by molar-refractivity contribution is 0.108. The Morgan fingerprint density at radius 1 is 1.50 bits per heavy atom. The molecule has 0 heterocycles. The van der Waals surface area contributed by atoms with E-state index in [1.54, 1.807) is 0 Å². The molecule has 16 heavy (non-hydrogen) atoms. The molecule has 1 atom stereocenters. The molecule has 0 spiro atoms. The van der Waals surface area contributed by atoms with Gasteiger partial charge in [0.2, 0.25) is 0 Å². The topological polar surface area (TPSA) is 9.23 Å². The van der Waals surface area contributed by atoms with Gasteiger partial charge in [-0.25, -0.2) is 0 Å². The summed E-state index contributed by atoms with van der Waals surface area (Å²) in [6.45, 7) is 12.4. The number of hydrogen-bond acceptors (Lipinski definition) is 1. The van der Waals surface area contributed by atoms with Crippen LogP contribution in [0.5, 0.6) is 0 Å². The Labute approximate surface area is 101 Å². The third kappa shape index (κ3) is 4.98. The van der Waals surface area contributed by atoms with Crippen LogP contribution in [-0.4, -0.2) is 13.2 Å². The fourth-order valence-corrected chi connectivity index (χ4v) is 2.39. The van der Waals surface area contributed by atoms with Crippen LogP contribution in [0.2, 0.25) is 0 Å². The molecule has 1 nitrogen and oxygen atoms in total. The average Bonchev–Trinajstić information content (AvgIpc) is 2.16. The zero-order chi connectivity index (χ0) is 12.0. The fraction of sp³-hybridized carbons (Fsp3) is 0.733. The molecule has 0 bridgehead atoms. The lowest BCUT2D eigenvalue weighted by atomic mass is 9.72. The van der Waals surface area contributed by atoms with Crippen LogP contribution in [0.4, 0.5) is 0 Å². The van der Waals surface area contributed by atoms with Crippen molar-refractivity contribution in [3.63, 3.8) is 0 Å². The Kier molecular flexibility index (Phi) is 5.27. The van der Waals surface area contributed by atoms with Gasteiger partial charge in [0, 0.05) is 6.61 Å². The molecule has 0 aromatic carbocycles. The Bertz CT molecular complexity index is 261. The van der Waals surface area contributed by atoms with E-state index >= 15 is 0 Å². The van der Waals surface area contributed by atoms with Crippen molar-refractivity contribution in [1.29, 1.82) is 0 Å². The molecule has 1 heteroatoms. The molecule has 0 aromatic rings. The largest absolute Gasteiger partial charge is 0.377 e. The van der Waals surface area contributed by atoms with Gasteiger partial charge in [-0.15, -0.1) is 0 Å². The van der Waals surface area contributed by atoms with Gasteiger partial charge in [0.25, 0.3) is 0 Å². The molecule has 0 N–H and O–H groups in total. The van der Waals surface area contributed by atoms with Crippen LogP contribution in [0, 0.1) is 5.41 Å². The van der Waals surface area contributed by atoms with Crippen LogP contribution >= 0.6 is 0 Å². The quantitative estimate of drug-likeness (QED) is 0.492. The zero-order valence-corrected chi connectivity index (χ0v) is 11.1. The van der Waals surface area contributed by atoms with Crippen molar-refractivity contribution in [2.75, 3.05) is 13.2 Å². The second kappa shape index (κ2) is 6.24. The van der Waals surface area contributed by atoms with Crippen LogP contribution in [-0.2, 0) is 4.74 Å². The van der Waals surface area contributed by atoms with Crippen molar-refractivity contribution < 1.29 is 4.74 Å². The summed E-state index contributed by atoms with van der Waals surface area (Å²) in [4.78, 5) is 0. The Morgan fingerprint density at radius 2 is 2.25 bits per heavy atom. The molecule has 1 fully saturated rings. The van der Waals surface area contributed by atoms with Crippen molar-refractivity contribution in [3.05, 3.63) is 23.8 Å². The minimum absolute atomic E-state index is 0.445. The van der Waals surface area contributed by atoms with Crippen LogP contribution < -0.4 is 0 Å². The van der Waals surface area contributed by atoms with E-state index in [9.17, 15) is 0 Å². The van der Waals surface area contributed by atoms with Crippen LogP contribution in [0.15, 0.2) is 23.8 Å². The smallest absolute Gasteiger partial charge is 0.0649 e. The molecule has 0 saturated heterocycles. The number of allylic oxidation sites excluding steroid dienone is 2. The summed E-state index contributed by atoms with van der Waals surface area (Å²) in [5.41, 5.74) is 3.20. The highest BCUT2D eigenvalue weighted by atomic mass is 16.5. The fourth-order valence-electron chi connectivity index (χ4n) is 2.39. The summed E-state index contributed by atoms with van der Waals surface area (Å²) in [5, 5.41) is 0. The molecule has 1 rings (SSSR count). The van der Waals surface area contributed by atoms with Gasteiger partial charge in [0.1, 0.15) is 0 Å². The number of rotatable bonds is 5. The third-order valence-electron chi connectivity index (χ3n) is 3.45. The molecule has 1 aliphatic carbocycles. The van der Waals surface area contributed by atoms with E-state index in [0.29, 0.717) is 5.41 Å². The van der Waals surface area contributed by atoms with Crippen molar-refractivity contribution in [2.24, 2.45) is 5.41 Å². The van der Waals surface area contributed by atoms with Gasteiger partial charge in [-0.3, -0.25) is 0 Å². The van der Waals surface area contributed by atoms with Gasteiger partial charge in [-0.1, -0.05) is 30.7 Å². The molecule has 0 aromatic heterocycles. The summed E-state index contributed by atoms with van der Waals surface area (Å²) in [5.74, 6) is 0. The Hall–Kier alpha value is -0.560. The number of hydrogen-bond donors (Lipinski definition) is 0. The van der Waals surface area contributed by atoms with Gasteiger partial charge in [-0.2, -0.15) is 0 Å².